The van der Waals surface area contributed by atoms with Crippen molar-refractivity contribution in [1.82, 2.24) is 16.0 Å². The number of hydrogen-bond donors (Lipinski definition) is 3. The van der Waals surface area contributed by atoms with Crippen LogP contribution in [0.15, 0.2) is 41.9 Å². The van der Waals surface area contributed by atoms with E-state index in [4.69, 9.17) is 9.47 Å². The monoisotopic (exact) mass is 362 g/mol. The maximum atomic E-state index is 11.7. The number of carbonyl (C=O) groups excluding carboxylic acids is 1. The minimum atomic E-state index is -0.113. The highest BCUT2D eigenvalue weighted by Gasteiger charge is 2.03. The quantitative estimate of drug-likeness (QED) is 0.227. The van der Waals surface area contributed by atoms with Crippen molar-refractivity contribution in [2.75, 3.05) is 40.0 Å². The van der Waals surface area contributed by atoms with Crippen molar-refractivity contribution in [1.29, 1.82) is 0 Å². The zero-order valence-electron chi connectivity index (χ0n) is 15.7. The molecule has 1 rings (SSSR count). The summed E-state index contributed by atoms with van der Waals surface area (Å²) in [5.74, 6) is 1.29. The first kappa shape index (κ1) is 21.5. The molecule has 0 spiro atoms. The third kappa shape index (κ3) is 9.68. The lowest BCUT2D eigenvalue weighted by atomic mass is 10.2. The third-order valence-electron chi connectivity index (χ3n) is 3.40. The molecular weight excluding hydrogens is 332 g/mol. The molecule has 0 radical (unpaired) electrons. The second kappa shape index (κ2) is 13.7. The van der Waals surface area contributed by atoms with E-state index in [0.29, 0.717) is 38.8 Å². The number of aliphatic imine (C=N–C) groups is 1. The van der Waals surface area contributed by atoms with Crippen LogP contribution in [0.4, 0.5) is 0 Å². The predicted molar refractivity (Wildman–Crippen MR) is 104 cm³/mol. The van der Waals surface area contributed by atoms with Crippen LogP contribution >= 0.6 is 0 Å². The van der Waals surface area contributed by atoms with Gasteiger partial charge in [-0.05, 0) is 31.0 Å². The molecule has 7 heteroatoms. The van der Waals surface area contributed by atoms with Crippen molar-refractivity contribution >= 4 is 11.9 Å². The van der Waals surface area contributed by atoms with Crippen LogP contribution in [0.1, 0.15) is 18.9 Å². The van der Waals surface area contributed by atoms with Gasteiger partial charge in [0.15, 0.2) is 5.96 Å². The predicted octanol–water partition coefficient (Wildman–Crippen LogP) is 1.46. The fourth-order valence-electron chi connectivity index (χ4n) is 2.01. The van der Waals surface area contributed by atoms with E-state index in [1.54, 1.807) is 13.2 Å². The fraction of sp³-hybridized carbons (Fsp3) is 0.474. The van der Waals surface area contributed by atoms with Crippen LogP contribution < -0.4 is 20.7 Å². The number of ether oxygens (including phenoxy) is 2. The highest BCUT2D eigenvalue weighted by molar-refractivity contribution is 5.86. The highest BCUT2D eigenvalue weighted by atomic mass is 16.5. The summed E-state index contributed by atoms with van der Waals surface area (Å²) in [5, 5.41) is 8.98. The second-order valence-corrected chi connectivity index (χ2v) is 5.44. The van der Waals surface area contributed by atoms with Crippen LogP contribution in [0.3, 0.4) is 0 Å². The summed E-state index contributed by atoms with van der Waals surface area (Å²) in [7, 11) is 1.64. The van der Waals surface area contributed by atoms with Crippen LogP contribution in [0, 0.1) is 0 Å². The van der Waals surface area contributed by atoms with Gasteiger partial charge in [0.1, 0.15) is 5.75 Å². The van der Waals surface area contributed by atoms with Crippen LogP contribution in [0.25, 0.3) is 0 Å². The van der Waals surface area contributed by atoms with Crippen molar-refractivity contribution in [3.05, 3.63) is 42.5 Å². The lowest BCUT2D eigenvalue weighted by Crippen LogP contribution is -2.43. The summed E-state index contributed by atoms with van der Waals surface area (Å²) in [6.07, 6.45) is 2.50. The molecule has 3 N–H and O–H groups in total. The van der Waals surface area contributed by atoms with Gasteiger partial charge in [0.05, 0.1) is 20.2 Å². The number of carbonyl (C=O) groups is 1. The van der Waals surface area contributed by atoms with Gasteiger partial charge in [-0.25, -0.2) is 4.99 Å². The Morgan fingerprint density at radius 1 is 1.23 bits per heavy atom. The van der Waals surface area contributed by atoms with Gasteiger partial charge < -0.3 is 25.4 Å². The summed E-state index contributed by atoms with van der Waals surface area (Å²) < 4.78 is 10.5. The van der Waals surface area contributed by atoms with E-state index in [2.05, 4.69) is 27.5 Å². The molecule has 1 aromatic rings. The van der Waals surface area contributed by atoms with Gasteiger partial charge in [-0.15, -0.1) is 6.58 Å². The van der Waals surface area contributed by atoms with Gasteiger partial charge in [0.25, 0.3) is 0 Å². The first-order valence-electron chi connectivity index (χ1n) is 8.80. The lowest BCUT2D eigenvalue weighted by molar-refractivity contribution is -0.119. The maximum Gasteiger partial charge on any atom is 0.239 e. The molecule has 0 atom stereocenters. The van der Waals surface area contributed by atoms with Gasteiger partial charge in [0.2, 0.25) is 5.91 Å². The molecule has 0 aliphatic heterocycles. The normalized spacial score (nSPS) is 10.9. The second-order valence-electron chi connectivity index (χ2n) is 5.44. The molecule has 0 unspecified atom stereocenters. The molecule has 0 bridgehead atoms. The zero-order valence-corrected chi connectivity index (χ0v) is 15.7. The Bertz CT molecular complexity index is 558. The molecule has 1 amide bonds. The van der Waals surface area contributed by atoms with E-state index in [0.717, 1.165) is 17.7 Å². The topological polar surface area (TPSA) is 84.0 Å². The van der Waals surface area contributed by atoms with Gasteiger partial charge in [-0.3, -0.25) is 4.79 Å². The van der Waals surface area contributed by atoms with Gasteiger partial charge >= 0.3 is 0 Å². The fourth-order valence-corrected chi connectivity index (χ4v) is 2.01. The number of benzene rings is 1. The number of methoxy groups -OCH3 is 1. The van der Waals surface area contributed by atoms with Gasteiger partial charge in [-0.2, -0.15) is 0 Å². The molecule has 0 aliphatic rings. The molecular formula is C19H30N4O3. The van der Waals surface area contributed by atoms with E-state index < -0.39 is 0 Å². The number of nitrogens with zero attached hydrogens (tertiary/aromatic N) is 1. The minimum Gasteiger partial charge on any atom is -0.497 e. The Morgan fingerprint density at radius 3 is 2.65 bits per heavy atom. The van der Waals surface area contributed by atoms with E-state index in [1.807, 2.05) is 31.2 Å². The van der Waals surface area contributed by atoms with E-state index >= 15 is 0 Å². The largest absolute Gasteiger partial charge is 0.497 e. The summed E-state index contributed by atoms with van der Waals surface area (Å²) in [5.41, 5.74) is 1.05. The Balaban J connectivity index is 2.55. The van der Waals surface area contributed by atoms with E-state index in [-0.39, 0.29) is 12.5 Å². The number of nitrogens with one attached hydrogen (secondary N) is 3. The minimum absolute atomic E-state index is 0.113. The molecule has 0 aromatic heterocycles. The van der Waals surface area contributed by atoms with Crippen LogP contribution in [-0.4, -0.2) is 51.8 Å². The summed E-state index contributed by atoms with van der Waals surface area (Å²) in [4.78, 5) is 16.3. The summed E-state index contributed by atoms with van der Waals surface area (Å²) in [6.45, 7) is 8.75. The zero-order chi connectivity index (χ0) is 19.0. The average molecular weight is 362 g/mol. The van der Waals surface area contributed by atoms with Crippen molar-refractivity contribution < 1.29 is 14.3 Å². The highest BCUT2D eigenvalue weighted by Crippen LogP contribution is 2.11. The molecule has 0 saturated carbocycles. The average Bonchev–Trinajstić information content (AvgIpc) is 2.68. The van der Waals surface area contributed by atoms with Crippen molar-refractivity contribution in [2.45, 2.75) is 19.9 Å². The van der Waals surface area contributed by atoms with Gasteiger partial charge in [-0.1, -0.05) is 18.2 Å². The molecule has 144 valence electrons. The Kier molecular flexibility index (Phi) is 11.3. The van der Waals surface area contributed by atoms with Gasteiger partial charge in [0, 0.05) is 26.3 Å². The molecule has 7 nitrogen and oxygen atoms in total. The number of rotatable bonds is 12. The Labute approximate surface area is 155 Å². The SMILES string of the molecule is C=CCNC(=O)CNC(=NCc1ccc(OC)cc1)NCCCOCC. The number of guanidine groups is 1. The first-order valence-corrected chi connectivity index (χ1v) is 8.80. The Hall–Kier alpha value is -2.54. The molecule has 0 aliphatic carbocycles. The summed E-state index contributed by atoms with van der Waals surface area (Å²) >= 11 is 0. The van der Waals surface area contributed by atoms with Crippen LogP contribution in [0.2, 0.25) is 0 Å². The van der Waals surface area contributed by atoms with Crippen molar-refractivity contribution in [3.8, 4) is 5.75 Å². The third-order valence-corrected chi connectivity index (χ3v) is 3.40. The van der Waals surface area contributed by atoms with Crippen molar-refractivity contribution in [3.63, 3.8) is 0 Å². The van der Waals surface area contributed by atoms with E-state index in [1.165, 1.54) is 0 Å². The molecule has 0 heterocycles. The molecule has 0 saturated heterocycles. The maximum absolute atomic E-state index is 11.7. The molecule has 0 fully saturated rings. The first-order chi connectivity index (χ1) is 12.7. The van der Waals surface area contributed by atoms with Crippen molar-refractivity contribution in [2.24, 2.45) is 4.99 Å². The lowest BCUT2D eigenvalue weighted by Gasteiger charge is -2.12. The van der Waals surface area contributed by atoms with Crippen LogP contribution in [0.5, 0.6) is 5.75 Å². The van der Waals surface area contributed by atoms with E-state index in [9.17, 15) is 4.79 Å². The summed E-state index contributed by atoms with van der Waals surface area (Å²) in [6, 6.07) is 7.73. The Morgan fingerprint density at radius 2 is 2.00 bits per heavy atom. The molecule has 1 aromatic carbocycles. The number of hydrogen-bond acceptors (Lipinski definition) is 4. The smallest absolute Gasteiger partial charge is 0.239 e. The number of amides is 1. The standard InChI is InChI=1S/C19H30N4O3/c1-4-11-20-18(24)15-23-19(21-12-6-13-26-5-2)22-14-16-7-9-17(25-3)10-8-16/h4,7-10H,1,5-6,11-15H2,2-3H3,(H,20,24)(H2,21,22,23). The molecule has 26 heavy (non-hydrogen) atoms. The van der Waals surface area contributed by atoms with Crippen LogP contribution in [-0.2, 0) is 16.1 Å².